The maximum absolute atomic E-state index is 11.8. The molecule has 1 aliphatic rings. The predicted octanol–water partition coefficient (Wildman–Crippen LogP) is -0.0879. The Labute approximate surface area is 91.1 Å². The minimum absolute atomic E-state index is 0.0343. The predicted molar refractivity (Wildman–Crippen MR) is 57.6 cm³/mol. The van der Waals surface area contributed by atoms with Crippen LogP contribution in [0.15, 0.2) is 0 Å². The molecule has 0 radical (unpaired) electrons. The highest BCUT2D eigenvalue weighted by molar-refractivity contribution is 7.89. The van der Waals surface area contributed by atoms with Crippen molar-refractivity contribution in [2.24, 2.45) is 0 Å². The fourth-order valence-corrected chi connectivity index (χ4v) is 2.95. The van der Waals surface area contributed by atoms with Crippen molar-refractivity contribution >= 4 is 10.0 Å². The smallest absolute Gasteiger partial charge is 0.230 e. The molecule has 15 heavy (non-hydrogen) atoms. The summed E-state index contributed by atoms with van der Waals surface area (Å²) in [4.78, 5) is 0. The highest BCUT2D eigenvalue weighted by atomic mass is 32.2. The van der Waals surface area contributed by atoms with E-state index in [1.54, 1.807) is 13.1 Å². The van der Waals surface area contributed by atoms with Crippen LogP contribution in [0.25, 0.3) is 0 Å². The monoisotopic (exact) mass is 231 g/mol. The first-order valence-electron chi connectivity index (χ1n) is 5.07. The Morgan fingerprint density at radius 2 is 2.00 bits per heavy atom. The van der Waals surface area contributed by atoms with Crippen LogP contribution in [0.3, 0.4) is 0 Å². The molecule has 1 unspecified atom stereocenters. The van der Waals surface area contributed by atoms with E-state index < -0.39 is 15.3 Å². The number of sulfonamides is 1. The molecule has 1 saturated heterocycles. The van der Waals surface area contributed by atoms with Crippen molar-refractivity contribution in [3.8, 4) is 6.07 Å². The first-order chi connectivity index (χ1) is 7.00. The summed E-state index contributed by atoms with van der Waals surface area (Å²) in [6.07, 6.45) is 1.63. The zero-order chi connectivity index (χ0) is 11.5. The van der Waals surface area contributed by atoms with Gasteiger partial charge in [-0.2, -0.15) is 5.26 Å². The molecular weight excluding hydrogens is 214 g/mol. The number of hydrogen-bond acceptors (Lipinski definition) is 4. The van der Waals surface area contributed by atoms with Crippen LogP contribution in [0.1, 0.15) is 19.8 Å². The molecule has 1 fully saturated rings. The van der Waals surface area contributed by atoms with Gasteiger partial charge in [0.15, 0.2) is 5.25 Å². The van der Waals surface area contributed by atoms with E-state index in [0.717, 1.165) is 25.9 Å². The maximum Gasteiger partial charge on any atom is 0.230 e. The van der Waals surface area contributed by atoms with Crippen LogP contribution in [0.4, 0.5) is 0 Å². The van der Waals surface area contributed by atoms with Crippen molar-refractivity contribution in [3.63, 3.8) is 0 Å². The van der Waals surface area contributed by atoms with Crippen LogP contribution in [0.5, 0.6) is 0 Å². The number of nitriles is 1. The van der Waals surface area contributed by atoms with Crippen molar-refractivity contribution in [3.05, 3.63) is 0 Å². The number of nitrogens with zero attached hydrogens (tertiary/aromatic N) is 2. The summed E-state index contributed by atoms with van der Waals surface area (Å²) in [6, 6.07) is 1.81. The Bertz CT molecular complexity index is 341. The lowest BCUT2D eigenvalue weighted by Crippen LogP contribution is -2.46. The molecule has 0 aliphatic carbocycles. The molecule has 1 N–H and O–H groups in total. The number of nitrogens with one attached hydrogen (secondary N) is 1. The molecule has 5 nitrogen and oxygen atoms in total. The maximum atomic E-state index is 11.8. The summed E-state index contributed by atoms with van der Waals surface area (Å²) in [5.41, 5.74) is 0. The molecule has 1 aliphatic heterocycles. The van der Waals surface area contributed by atoms with Gasteiger partial charge in [0.05, 0.1) is 6.07 Å². The third-order valence-corrected chi connectivity index (χ3v) is 4.95. The van der Waals surface area contributed by atoms with Crippen molar-refractivity contribution in [2.45, 2.75) is 31.1 Å². The van der Waals surface area contributed by atoms with Gasteiger partial charge in [-0.3, -0.25) is 0 Å². The van der Waals surface area contributed by atoms with Crippen molar-refractivity contribution in [1.82, 2.24) is 9.62 Å². The van der Waals surface area contributed by atoms with E-state index in [9.17, 15) is 8.42 Å². The average molecular weight is 231 g/mol. The average Bonchev–Trinajstić information content (AvgIpc) is 2.28. The summed E-state index contributed by atoms with van der Waals surface area (Å²) >= 11 is 0. The Kier molecular flexibility index (Phi) is 4.08. The van der Waals surface area contributed by atoms with Gasteiger partial charge < -0.3 is 5.32 Å². The zero-order valence-electron chi connectivity index (χ0n) is 9.10. The second-order valence-electron chi connectivity index (χ2n) is 3.81. The second kappa shape index (κ2) is 4.92. The minimum atomic E-state index is -3.44. The van der Waals surface area contributed by atoms with Gasteiger partial charge in [0.1, 0.15) is 0 Å². The highest BCUT2D eigenvalue weighted by Crippen LogP contribution is 2.16. The van der Waals surface area contributed by atoms with Gasteiger partial charge >= 0.3 is 0 Å². The normalized spacial score (nSPS) is 21.2. The lowest BCUT2D eigenvalue weighted by Gasteiger charge is -2.31. The van der Waals surface area contributed by atoms with E-state index in [1.165, 1.54) is 11.2 Å². The largest absolute Gasteiger partial charge is 0.317 e. The van der Waals surface area contributed by atoms with E-state index in [2.05, 4.69) is 5.32 Å². The lowest BCUT2D eigenvalue weighted by atomic mass is 10.1. The van der Waals surface area contributed by atoms with Crippen LogP contribution in [0.2, 0.25) is 0 Å². The summed E-state index contributed by atoms with van der Waals surface area (Å²) in [7, 11) is -1.88. The molecule has 0 bridgehead atoms. The lowest BCUT2D eigenvalue weighted by molar-refractivity contribution is 0.295. The molecule has 0 aromatic heterocycles. The Morgan fingerprint density at radius 3 is 2.47 bits per heavy atom. The van der Waals surface area contributed by atoms with Crippen molar-refractivity contribution < 1.29 is 8.42 Å². The Balaban J connectivity index is 2.74. The van der Waals surface area contributed by atoms with Gasteiger partial charge in [0.2, 0.25) is 10.0 Å². The van der Waals surface area contributed by atoms with Gasteiger partial charge in [-0.05, 0) is 32.9 Å². The molecule has 6 heteroatoms. The van der Waals surface area contributed by atoms with Gasteiger partial charge in [0.25, 0.3) is 0 Å². The molecule has 1 atom stereocenters. The quantitative estimate of drug-likeness (QED) is 0.737. The van der Waals surface area contributed by atoms with E-state index in [4.69, 9.17) is 5.26 Å². The SMILES string of the molecule is CC(C#N)S(=O)(=O)N(C)C1CCNCC1. The third kappa shape index (κ3) is 2.68. The molecule has 0 amide bonds. The second-order valence-corrected chi connectivity index (χ2v) is 6.13. The molecular formula is C9H17N3O2S. The molecule has 1 heterocycles. The minimum Gasteiger partial charge on any atom is -0.317 e. The highest BCUT2D eigenvalue weighted by Gasteiger charge is 2.31. The van der Waals surface area contributed by atoms with Crippen LogP contribution in [-0.4, -0.2) is 44.2 Å². The van der Waals surface area contributed by atoms with Crippen molar-refractivity contribution in [1.29, 1.82) is 5.26 Å². The standard InChI is InChI=1S/C9H17N3O2S/c1-8(7-10)15(13,14)12(2)9-3-5-11-6-4-9/h8-9,11H,3-6H2,1-2H3. The Hall–Kier alpha value is -0.640. The number of rotatable bonds is 3. The van der Waals surface area contributed by atoms with Gasteiger partial charge in [0, 0.05) is 13.1 Å². The summed E-state index contributed by atoms with van der Waals surface area (Å²) in [6.45, 7) is 3.10. The zero-order valence-corrected chi connectivity index (χ0v) is 9.92. The van der Waals surface area contributed by atoms with Gasteiger partial charge in [-0.25, -0.2) is 12.7 Å². The van der Waals surface area contributed by atoms with E-state index >= 15 is 0 Å². The molecule has 0 spiro atoms. The van der Waals surface area contributed by atoms with E-state index in [0.29, 0.717) is 0 Å². The first kappa shape index (κ1) is 12.4. The van der Waals surface area contributed by atoms with E-state index in [1.807, 2.05) is 0 Å². The van der Waals surface area contributed by atoms with Crippen LogP contribution in [0, 0.1) is 11.3 Å². The van der Waals surface area contributed by atoms with Crippen LogP contribution >= 0.6 is 0 Å². The van der Waals surface area contributed by atoms with Crippen LogP contribution in [-0.2, 0) is 10.0 Å². The summed E-state index contributed by atoms with van der Waals surface area (Å²) in [5.74, 6) is 0. The van der Waals surface area contributed by atoms with Crippen molar-refractivity contribution in [2.75, 3.05) is 20.1 Å². The molecule has 1 rings (SSSR count). The van der Waals surface area contributed by atoms with E-state index in [-0.39, 0.29) is 6.04 Å². The number of hydrogen-bond donors (Lipinski definition) is 1. The molecule has 86 valence electrons. The molecule has 0 aromatic carbocycles. The molecule has 0 saturated carbocycles. The summed E-state index contributed by atoms with van der Waals surface area (Å²) in [5, 5.41) is 10.9. The first-order valence-corrected chi connectivity index (χ1v) is 6.57. The Morgan fingerprint density at radius 1 is 1.47 bits per heavy atom. The van der Waals surface area contributed by atoms with Gasteiger partial charge in [-0.15, -0.1) is 0 Å². The van der Waals surface area contributed by atoms with Crippen LogP contribution < -0.4 is 5.32 Å². The molecule has 0 aromatic rings. The van der Waals surface area contributed by atoms with Gasteiger partial charge in [-0.1, -0.05) is 0 Å². The fourth-order valence-electron chi connectivity index (χ4n) is 1.69. The fraction of sp³-hybridized carbons (Fsp3) is 0.889. The summed E-state index contributed by atoms with van der Waals surface area (Å²) < 4.78 is 25.1. The number of piperidine rings is 1. The topological polar surface area (TPSA) is 73.2 Å². The third-order valence-electron chi connectivity index (χ3n) is 2.85.